The van der Waals surface area contributed by atoms with Crippen molar-refractivity contribution in [2.75, 3.05) is 24.5 Å². The molecule has 0 aliphatic carbocycles. The third kappa shape index (κ3) is 3.15. The number of hydrogen-bond donors (Lipinski definition) is 1. The molecule has 2 rings (SSSR count). The topological polar surface area (TPSA) is 50.2 Å². The lowest BCUT2D eigenvalue weighted by atomic mass is 10.0. The second-order valence-electron chi connectivity index (χ2n) is 4.99. The summed E-state index contributed by atoms with van der Waals surface area (Å²) >= 11 is 0. The molecule has 1 N–H and O–H groups in total. The Labute approximate surface area is 114 Å². The Hall–Kier alpha value is -1.36. The maximum absolute atomic E-state index is 12.4. The Balaban J connectivity index is 2.24. The van der Waals surface area contributed by atoms with E-state index in [-0.39, 0.29) is 5.56 Å². The lowest BCUT2D eigenvalue weighted by Gasteiger charge is -2.36. The van der Waals surface area contributed by atoms with Crippen LogP contribution in [0.3, 0.4) is 0 Å². The van der Waals surface area contributed by atoms with E-state index in [0.29, 0.717) is 18.4 Å². The first kappa shape index (κ1) is 14.1. The van der Waals surface area contributed by atoms with E-state index >= 15 is 0 Å². The lowest BCUT2D eigenvalue weighted by molar-refractivity contribution is 0.434. The summed E-state index contributed by atoms with van der Waals surface area (Å²) in [5, 5.41) is 3.39. The van der Waals surface area contributed by atoms with Gasteiger partial charge < -0.3 is 14.8 Å². The molecule has 1 aromatic heterocycles. The molecule has 0 radical (unpaired) electrons. The molecular formula is C14H24N4O. The van der Waals surface area contributed by atoms with Crippen LogP contribution in [0, 0.1) is 0 Å². The number of piperidine rings is 1. The molecule has 1 atom stereocenters. The first-order valence-electron chi connectivity index (χ1n) is 7.30. The summed E-state index contributed by atoms with van der Waals surface area (Å²) in [4.78, 5) is 18.9. The number of hydrogen-bond acceptors (Lipinski definition) is 4. The largest absolute Gasteiger partial charge is 0.348 e. The van der Waals surface area contributed by atoms with Gasteiger partial charge in [-0.3, -0.25) is 4.79 Å². The molecule has 2 heterocycles. The Bertz CT molecular complexity index is 457. The van der Waals surface area contributed by atoms with Gasteiger partial charge >= 0.3 is 0 Å². The van der Waals surface area contributed by atoms with E-state index < -0.39 is 0 Å². The van der Waals surface area contributed by atoms with Crippen LogP contribution in [0.25, 0.3) is 0 Å². The first-order chi connectivity index (χ1) is 9.27. The molecule has 1 aliphatic rings. The average Bonchev–Trinajstić information content (AvgIpc) is 2.46. The monoisotopic (exact) mass is 264 g/mol. The van der Waals surface area contributed by atoms with E-state index in [9.17, 15) is 4.79 Å². The number of anilines is 1. The van der Waals surface area contributed by atoms with Crippen molar-refractivity contribution in [2.24, 2.45) is 0 Å². The van der Waals surface area contributed by atoms with Gasteiger partial charge in [0, 0.05) is 38.1 Å². The summed E-state index contributed by atoms with van der Waals surface area (Å²) in [5.74, 6) is 0.618. The molecule has 5 nitrogen and oxygen atoms in total. The van der Waals surface area contributed by atoms with E-state index in [0.717, 1.165) is 32.5 Å². The Kier molecular flexibility index (Phi) is 4.96. The van der Waals surface area contributed by atoms with Gasteiger partial charge in [-0.05, 0) is 32.7 Å². The van der Waals surface area contributed by atoms with Crippen LogP contribution in [0.1, 0.15) is 33.1 Å². The van der Waals surface area contributed by atoms with Crippen LogP contribution in [0.5, 0.6) is 0 Å². The quantitative estimate of drug-likeness (QED) is 0.869. The summed E-state index contributed by atoms with van der Waals surface area (Å²) in [6, 6.07) is 0.390. The van der Waals surface area contributed by atoms with Gasteiger partial charge in [-0.25, -0.2) is 4.98 Å². The number of likely N-dealkylation sites (N-methyl/N-ethyl adjacent to an activating group) is 1. The average molecular weight is 264 g/mol. The zero-order valence-corrected chi connectivity index (χ0v) is 11.9. The molecule has 0 spiro atoms. The minimum absolute atomic E-state index is 0.0356. The first-order valence-corrected chi connectivity index (χ1v) is 7.30. The third-order valence-corrected chi connectivity index (χ3v) is 3.77. The highest BCUT2D eigenvalue weighted by Gasteiger charge is 2.25. The second kappa shape index (κ2) is 6.70. The standard InChI is InChI=1S/C14H24N4O/c1-3-15-11-12-7-5-6-9-18(12)13-14(19)17(4-2)10-8-16-13/h8,10,12,15H,3-7,9,11H2,1-2H3. The molecular weight excluding hydrogens is 240 g/mol. The normalized spacial score (nSPS) is 19.7. The van der Waals surface area contributed by atoms with Crippen molar-refractivity contribution in [2.45, 2.75) is 45.7 Å². The Morgan fingerprint density at radius 2 is 2.26 bits per heavy atom. The fourth-order valence-electron chi connectivity index (χ4n) is 2.68. The van der Waals surface area contributed by atoms with Gasteiger partial charge in [-0.2, -0.15) is 0 Å². The van der Waals surface area contributed by atoms with Gasteiger partial charge in [-0.1, -0.05) is 6.92 Å². The van der Waals surface area contributed by atoms with E-state index in [1.54, 1.807) is 17.0 Å². The number of nitrogens with one attached hydrogen (secondary N) is 1. The van der Waals surface area contributed by atoms with Crippen molar-refractivity contribution < 1.29 is 0 Å². The number of nitrogens with zero attached hydrogens (tertiary/aromatic N) is 3. The molecule has 1 aromatic rings. The summed E-state index contributed by atoms with van der Waals surface area (Å²) in [5.41, 5.74) is 0.0356. The molecule has 106 valence electrons. The minimum Gasteiger partial charge on any atom is -0.348 e. The molecule has 0 aromatic carbocycles. The van der Waals surface area contributed by atoms with Gasteiger partial charge in [0.05, 0.1) is 0 Å². The highest BCUT2D eigenvalue weighted by Crippen LogP contribution is 2.20. The predicted octanol–water partition coefficient (Wildman–Crippen LogP) is 1.23. The van der Waals surface area contributed by atoms with Crippen LogP contribution >= 0.6 is 0 Å². The molecule has 19 heavy (non-hydrogen) atoms. The zero-order chi connectivity index (χ0) is 13.7. The van der Waals surface area contributed by atoms with Crippen molar-refractivity contribution in [3.63, 3.8) is 0 Å². The molecule has 0 bridgehead atoms. The van der Waals surface area contributed by atoms with Gasteiger partial charge in [0.1, 0.15) is 0 Å². The van der Waals surface area contributed by atoms with Crippen molar-refractivity contribution in [1.29, 1.82) is 0 Å². The van der Waals surface area contributed by atoms with Gasteiger partial charge in [-0.15, -0.1) is 0 Å². The van der Waals surface area contributed by atoms with Crippen LogP contribution in [0.4, 0.5) is 5.82 Å². The maximum atomic E-state index is 12.4. The summed E-state index contributed by atoms with van der Waals surface area (Å²) in [6.07, 6.45) is 7.01. The van der Waals surface area contributed by atoms with Crippen molar-refractivity contribution in [3.05, 3.63) is 22.7 Å². The van der Waals surface area contributed by atoms with Gasteiger partial charge in [0.25, 0.3) is 5.56 Å². The zero-order valence-electron chi connectivity index (χ0n) is 11.9. The summed E-state index contributed by atoms with van der Waals surface area (Å²) < 4.78 is 1.72. The third-order valence-electron chi connectivity index (χ3n) is 3.77. The molecule has 0 saturated carbocycles. The molecule has 1 aliphatic heterocycles. The highest BCUT2D eigenvalue weighted by molar-refractivity contribution is 5.38. The fourth-order valence-corrected chi connectivity index (χ4v) is 2.68. The van der Waals surface area contributed by atoms with Gasteiger partial charge in [0.2, 0.25) is 0 Å². The van der Waals surface area contributed by atoms with E-state index in [1.165, 1.54) is 6.42 Å². The SMILES string of the molecule is CCNCC1CCCCN1c1nccn(CC)c1=O. The molecule has 0 amide bonds. The molecule has 1 fully saturated rings. The van der Waals surface area contributed by atoms with Crippen molar-refractivity contribution >= 4 is 5.82 Å². The van der Waals surface area contributed by atoms with Crippen LogP contribution in [0.15, 0.2) is 17.2 Å². The smallest absolute Gasteiger partial charge is 0.293 e. The lowest BCUT2D eigenvalue weighted by Crippen LogP contribution is -2.48. The van der Waals surface area contributed by atoms with Crippen molar-refractivity contribution in [1.82, 2.24) is 14.9 Å². The number of aryl methyl sites for hydroxylation is 1. The number of aromatic nitrogens is 2. The Morgan fingerprint density at radius 3 is 3.00 bits per heavy atom. The molecule has 1 saturated heterocycles. The Morgan fingerprint density at radius 1 is 1.42 bits per heavy atom. The minimum atomic E-state index is 0.0356. The van der Waals surface area contributed by atoms with Crippen molar-refractivity contribution in [3.8, 4) is 0 Å². The fraction of sp³-hybridized carbons (Fsp3) is 0.714. The van der Waals surface area contributed by atoms with Crippen LogP contribution < -0.4 is 15.8 Å². The predicted molar refractivity (Wildman–Crippen MR) is 77.7 cm³/mol. The summed E-state index contributed by atoms with van der Waals surface area (Å²) in [7, 11) is 0. The van der Waals surface area contributed by atoms with Crippen LogP contribution in [0.2, 0.25) is 0 Å². The van der Waals surface area contributed by atoms with E-state index in [1.807, 2.05) is 6.92 Å². The summed E-state index contributed by atoms with van der Waals surface area (Å²) in [6.45, 7) is 7.62. The van der Waals surface area contributed by atoms with E-state index in [2.05, 4.69) is 22.1 Å². The molecule has 5 heteroatoms. The molecule has 1 unspecified atom stereocenters. The van der Waals surface area contributed by atoms with Gasteiger partial charge in [0.15, 0.2) is 5.82 Å². The van der Waals surface area contributed by atoms with Crippen LogP contribution in [-0.2, 0) is 6.54 Å². The van der Waals surface area contributed by atoms with Crippen LogP contribution in [-0.4, -0.2) is 35.2 Å². The number of rotatable bonds is 5. The van der Waals surface area contributed by atoms with E-state index in [4.69, 9.17) is 0 Å². The second-order valence-corrected chi connectivity index (χ2v) is 4.99. The highest BCUT2D eigenvalue weighted by atomic mass is 16.1. The maximum Gasteiger partial charge on any atom is 0.293 e.